The third-order valence-corrected chi connectivity index (χ3v) is 6.21. The Morgan fingerprint density at radius 2 is 1.34 bits per heavy atom. The first-order valence-corrected chi connectivity index (χ1v) is 10.9. The Morgan fingerprint density at radius 3 is 2.03 bits per heavy atom. The van der Waals surface area contributed by atoms with E-state index in [0.717, 1.165) is 22.4 Å². The van der Waals surface area contributed by atoms with Crippen LogP contribution in [0.2, 0.25) is 0 Å². The van der Waals surface area contributed by atoms with E-state index < -0.39 is 0 Å². The Morgan fingerprint density at radius 1 is 0.656 bits per heavy atom. The van der Waals surface area contributed by atoms with Crippen LogP contribution in [0, 0.1) is 39.0 Å². The third kappa shape index (κ3) is 3.33. The van der Waals surface area contributed by atoms with E-state index in [4.69, 9.17) is 4.98 Å². The molecule has 0 bridgehead atoms. The number of hydrogen-bond acceptors (Lipinski definition) is 2. The first-order chi connectivity index (χ1) is 15.4. The van der Waals surface area contributed by atoms with E-state index in [1.54, 1.807) is 0 Å². The van der Waals surface area contributed by atoms with Crippen LogP contribution >= 0.6 is 0 Å². The molecule has 2 heteroatoms. The molecule has 0 N–H and O–H groups in total. The summed E-state index contributed by atoms with van der Waals surface area (Å²) in [6, 6.07) is 26.0. The molecule has 32 heavy (non-hydrogen) atoms. The smallest absolute Gasteiger partial charge is 0.0991 e. The molecule has 0 spiro atoms. The molecule has 0 atom stereocenters. The van der Waals surface area contributed by atoms with Gasteiger partial charge in [0.05, 0.1) is 17.3 Å². The molecule has 0 radical (unpaired) electrons. The maximum atomic E-state index is 9.27. The summed E-state index contributed by atoms with van der Waals surface area (Å²) in [5, 5.41) is 14.1. The maximum Gasteiger partial charge on any atom is 0.0991 e. The van der Waals surface area contributed by atoms with Crippen molar-refractivity contribution in [2.24, 2.45) is 0 Å². The zero-order valence-electron chi connectivity index (χ0n) is 18.8. The van der Waals surface area contributed by atoms with Crippen molar-refractivity contribution in [3.8, 4) is 28.5 Å². The third-order valence-electron chi connectivity index (χ3n) is 6.21. The second-order valence-corrected chi connectivity index (χ2v) is 8.73. The Balaban J connectivity index is 1.71. The normalized spacial score (nSPS) is 11.1. The minimum atomic E-state index is 0.710. The van der Waals surface area contributed by atoms with Crippen molar-refractivity contribution in [3.05, 3.63) is 101 Å². The van der Waals surface area contributed by atoms with Gasteiger partial charge in [-0.05, 0) is 103 Å². The van der Waals surface area contributed by atoms with Gasteiger partial charge in [-0.2, -0.15) is 5.26 Å². The number of rotatable bonds is 2. The van der Waals surface area contributed by atoms with Gasteiger partial charge >= 0.3 is 0 Å². The monoisotopic (exact) mass is 412 g/mol. The molecule has 0 aliphatic rings. The second kappa shape index (κ2) is 7.62. The lowest BCUT2D eigenvalue weighted by atomic mass is 9.91. The molecule has 0 saturated carbocycles. The fraction of sp³-hybridized carbons (Fsp3) is 0.133. The highest BCUT2D eigenvalue weighted by Gasteiger charge is 2.12. The van der Waals surface area contributed by atoms with Gasteiger partial charge in [-0.25, -0.2) is 0 Å². The molecule has 0 saturated heterocycles. The van der Waals surface area contributed by atoms with E-state index in [1.807, 2.05) is 18.3 Å². The Hall–Kier alpha value is -3.96. The Bertz CT molecular complexity index is 1530. The quantitative estimate of drug-likeness (QED) is 0.277. The first kappa shape index (κ1) is 20.0. The van der Waals surface area contributed by atoms with Crippen molar-refractivity contribution in [1.29, 1.82) is 5.26 Å². The molecule has 2 nitrogen and oxygen atoms in total. The van der Waals surface area contributed by atoms with E-state index in [-0.39, 0.29) is 0 Å². The van der Waals surface area contributed by atoms with Crippen LogP contribution in [0.3, 0.4) is 0 Å². The predicted octanol–water partition coefficient (Wildman–Crippen LogP) is 7.83. The zero-order chi connectivity index (χ0) is 22.4. The zero-order valence-corrected chi connectivity index (χ0v) is 18.8. The van der Waals surface area contributed by atoms with Gasteiger partial charge in [-0.1, -0.05) is 41.5 Å². The lowest BCUT2D eigenvalue weighted by Gasteiger charge is -2.14. The van der Waals surface area contributed by atoms with Crippen LogP contribution in [0.1, 0.15) is 27.8 Å². The molecule has 5 aromatic rings. The topological polar surface area (TPSA) is 36.7 Å². The van der Waals surface area contributed by atoms with Crippen LogP contribution in [-0.2, 0) is 0 Å². The van der Waals surface area contributed by atoms with Gasteiger partial charge in [0.25, 0.3) is 0 Å². The minimum Gasteiger partial charge on any atom is -0.256 e. The van der Waals surface area contributed by atoms with Crippen molar-refractivity contribution in [1.82, 2.24) is 4.98 Å². The summed E-state index contributed by atoms with van der Waals surface area (Å²) in [5.41, 5.74) is 10.0. The van der Waals surface area contributed by atoms with Crippen LogP contribution in [0.25, 0.3) is 43.9 Å². The Kier molecular flexibility index (Phi) is 4.76. The fourth-order valence-electron chi connectivity index (χ4n) is 4.98. The number of fused-ring (bicyclic) bond motifs is 3. The number of aromatic nitrogens is 1. The molecule has 0 amide bonds. The summed E-state index contributed by atoms with van der Waals surface area (Å²) in [6.45, 7) is 8.42. The summed E-state index contributed by atoms with van der Waals surface area (Å²) >= 11 is 0. The van der Waals surface area contributed by atoms with E-state index in [9.17, 15) is 5.26 Å². The molecule has 154 valence electrons. The summed E-state index contributed by atoms with van der Waals surface area (Å²) in [4.78, 5) is 4.74. The van der Waals surface area contributed by atoms with Crippen LogP contribution in [0.5, 0.6) is 0 Å². The number of nitrogens with zero attached hydrogens (tertiary/aromatic N) is 2. The number of pyridine rings is 1. The van der Waals surface area contributed by atoms with Crippen molar-refractivity contribution in [2.75, 3.05) is 0 Å². The predicted molar refractivity (Wildman–Crippen MR) is 134 cm³/mol. The van der Waals surface area contributed by atoms with Gasteiger partial charge in [-0.15, -0.1) is 0 Å². The summed E-state index contributed by atoms with van der Waals surface area (Å²) in [5.74, 6) is 0. The highest BCUT2D eigenvalue weighted by molar-refractivity contribution is 6.12. The van der Waals surface area contributed by atoms with Crippen molar-refractivity contribution < 1.29 is 0 Å². The molecule has 0 aliphatic heterocycles. The van der Waals surface area contributed by atoms with E-state index in [1.165, 1.54) is 43.8 Å². The average Bonchev–Trinajstić information content (AvgIpc) is 2.77. The van der Waals surface area contributed by atoms with Gasteiger partial charge in [0, 0.05) is 17.1 Å². The van der Waals surface area contributed by atoms with Crippen molar-refractivity contribution in [3.63, 3.8) is 0 Å². The SMILES string of the molecule is Cc1cc(C)cc(-c2nccc3c2ccc2cc(-c4c(C)cc(C#N)cc4C)ccc23)c1. The molecular formula is C30H24N2. The highest BCUT2D eigenvalue weighted by Crippen LogP contribution is 2.36. The maximum absolute atomic E-state index is 9.27. The number of hydrogen-bond donors (Lipinski definition) is 0. The van der Waals surface area contributed by atoms with Gasteiger partial charge in [0.15, 0.2) is 0 Å². The van der Waals surface area contributed by atoms with Crippen molar-refractivity contribution in [2.45, 2.75) is 27.7 Å². The summed E-state index contributed by atoms with van der Waals surface area (Å²) in [7, 11) is 0. The van der Waals surface area contributed by atoms with Crippen LogP contribution in [-0.4, -0.2) is 4.98 Å². The highest BCUT2D eigenvalue weighted by atomic mass is 14.7. The van der Waals surface area contributed by atoms with E-state index in [0.29, 0.717) is 5.56 Å². The summed E-state index contributed by atoms with van der Waals surface area (Å²) < 4.78 is 0. The molecule has 0 aliphatic carbocycles. The number of nitriles is 1. The van der Waals surface area contributed by atoms with Crippen molar-refractivity contribution >= 4 is 21.5 Å². The van der Waals surface area contributed by atoms with Crippen LogP contribution < -0.4 is 0 Å². The van der Waals surface area contributed by atoms with Crippen LogP contribution in [0.15, 0.2) is 72.9 Å². The lowest BCUT2D eigenvalue weighted by molar-refractivity contribution is 1.33. The first-order valence-electron chi connectivity index (χ1n) is 10.9. The van der Waals surface area contributed by atoms with Gasteiger partial charge in [0.1, 0.15) is 0 Å². The lowest BCUT2D eigenvalue weighted by Crippen LogP contribution is -1.92. The molecule has 1 aromatic heterocycles. The number of aryl methyl sites for hydroxylation is 4. The molecule has 5 rings (SSSR count). The minimum absolute atomic E-state index is 0.710. The second-order valence-electron chi connectivity index (χ2n) is 8.73. The number of benzene rings is 4. The largest absolute Gasteiger partial charge is 0.256 e. The average molecular weight is 413 g/mol. The Labute approximate surface area is 188 Å². The van der Waals surface area contributed by atoms with E-state index >= 15 is 0 Å². The molecular weight excluding hydrogens is 388 g/mol. The van der Waals surface area contributed by atoms with Gasteiger partial charge in [0.2, 0.25) is 0 Å². The molecule has 0 unspecified atom stereocenters. The van der Waals surface area contributed by atoms with Crippen LogP contribution in [0.4, 0.5) is 0 Å². The molecule has 0 fully saturated rings. The molecule has 1 heterocycles. The standard InChI is InChI=1S/C30H24N2/c1-18-11-19(2)13-25(12-18)30-28-8-5-23-16-24(6-7-26(23)27(28)9-10-32-30)29-20(3)14-22(17-31)15-21(29)4/h5-16H,1-4H3. The summed E-state index contributed by atoms with van der Waals surface area (Å²) in [6.07, 6.45) is 1.91. The van der Waals surface area contributed by atoms with Gasteiger partial charge in [-0.3, -0.25) is 4.98 Å². The van der Waals surface area contributed by atoms with E-state index in [2.05, 4.69) is 88.4 Å². The molecule has 4 aromatic carbocycles. The van der Waals surface area contributed by atoms with Gasteiger partial charge < -0.3 is 0 Å². The fourth-order valence-corrected chi connectivity index (χ4v) is 4.98.